The highest BCUT2D eigenvalue weighted by molar-refractivity contribution is 5.05. The van der Waals surface area contributed by atoms with Gasteiger partial charge in [-0.2, -0.15) is 0 Å². The van der Waals surface area contributed by atoms with Crippen LogP contribution in [0.5, 0.6) is 0 Å². The summed E-state index contributed by atoms with van der Waals surface area (Å²) in [5.74, 6) is 0. The van der Waals surface area contributed by atoms with Crippen LogP contribution in [0, 0.1) is 0 Å². The van der Waals surface area contributed by atoms with Crippen LogP contribution < -0.4 is 0 Å². The van der Waals surface area contributed by atoms with Gasteiger partial charge < -0.3 is 0 Å². The highest BCUT2D eigenvalue weighted by Crippen LogP contribution is 1.82. The fourth-order valence-electron chi connectivity index (χ4n) is 0. The van der Waals surface area contributed by atoms with Gasteiger partial charge in [-0.05, 0) is 27.7 Å². The monoisotopic (exact) mass is 154 g/mol. The van der Waals surface area contributed by atoms with Crippen LogP contribution in [0.15, 0.2) is 36.5 Å². The lowest BCUT2D eigenvalue weighted by atomic mass is 10.3. The number of allylic oxidation sites excluding steroid dienone is 4. The molecule has 0 saturated heterocycles. The first-order valence-electron chi connectivity index (χ1n) is 3.42. The first kappa shape index (κ1) is 16.7. The summed E-state index contributed by atoms with van der Waals surface area (Å²) >= 11 is 0. The van der Waals surface area contributed by atoms with Crippen molar-refractivity contribution in [2.45, 2.75) is 35.1 Å². The molecule has 0 fully saturated rings. The Morgan fingerprint density at radius 3 is 1.36 bits per heavy atom. The first-order chi connectivity index (χ1) is 4.54. The molecule has 0 aromatic carbocycles. The molecular formula is C11H22. The van der Waals surface area contributed by atoms with E-state index in [-0.39, 0.29) is 7.43 Å². The lowest BCUT2D eigenvalue weighted by Crippen LogP contribution is -1.52. The molecule has 0 atom stereocenters. The van der Waals surface area contributed by atoms with Crippen LogP contribution in [0.1, 0.15) is 35.1 Å². The third-order valence-corrected chi connectivity index (χ3v) is 0.926. The lowest BCUT2D eigenvalue weighted by Gasteiger charge is -1.74. The summed E-state index contributed by atoms with van der Waals surface area (Å²) in [6.07, 6.45) is 3.81. The van der Waals surface area contributed by atoms with Crippen LogP contribution in [0.2, 0.25) is 0 Å². The Morgan fingerprint density at radius 2 is 1.36 bits per heavy atom. The number of hydrogen-bond acceptors (Lipinski definition) is 0. The van der Waals surface area contributed by atoms with Crippen molar-refractivity contribution < 1.29 is 0 Å². The molecule has 0 aliphatic rings. The van der Waals surface area contributed by atoms with Crippen LogP contribution in [0.25, 0.3) is 0 Å². The zero-order chi connectivity index (χ0) is 8.57. The highest BCUT2D eigenvalue weighted by atomic mass is 13.7. The summed E-state index contributed by atoms with van der Waals surface area (Å²) in [7, 11) is 0. The van der Waals surface area contributed by atoms with Gasteiger partial charge in [-0.1, -0.05) is 43.9 Å². The zero-order valence-corrected chi connectivity index (χ0v) is 7.57. The molecule has 0 unspecified atom stereocenters. The third kappa shape index (κ3) is 46.4. The van der Waals surface area contributed by atoms with Crippen LogP contribution >= 0.6 is 0 Å². The standard InChI is InChI=1S/C5H10.C5H8.CH4/c2*1-4-5(2)3;/h4H,1-3H3;4H,1-2H2,3H3;1H4. The SMILES string of the molecule is C.C=CC(=C)C.CC=C(C)C. The van der Waals surface area contributed by atoms with E-state index >= 15 is 0 Å². The Hall–Kier alpha value is -0.780. The van der Waals surface area contributed by atoms with E-state index in [9.17, 15) is 0 Å². The highest BCUT2D eigenvalue weighted by Gasteiger charge is 1.60. The number of hydrogen-bond donors (Lipinski definition) is 0. The summed E-state index contributed by atoms with van der Waals surface area (Å²) in [6.45, 7) is 15.1. The first-order valence-corrected chi connectivity index (χ1v) is 3.42. The van der Waals surface area contributed by atoms with Gasteiger partial charge in [-0.3, -0.25) is 0 Å². The molecule has 0 aliphatic carbocycles. The maximum Gasteiger partial charge on any atom is -0.0404 e. The van der Waals surface area contributed by atoms with Gasteiger partial charge in [0.25, 0.3) is 0 Å². The Kier molecular flexibility index (Phi) is 18.1. The summed E-state index contributed by atoms with van der Waals surface area (Å²) in [5, 5.41) is 0. The number of rotatable bonds is 1. The molecule has 0 amide bonds. The second-order valence-corrected chi connectivity index (χ2v) is 2.42. The van der Waals surface area contributed by atoms with E-state index in [0.717, 1.165) is 5.57 Å². The fraction of sp³-hybridized carbons (Fsp3) is 0.455. The Balaban J connectivity index is -0.000000107. The molecule has 0 nitrogen and oxygen atoms in total. The predicted octanol–water partition coefficient (Wildman–Crippen LogP) is 4.36. The molecule has 0 rings (SSSR count). The van der Waals surface area contributed by atoms with Crippen molar-refractivity contribution in [2.24, 2.45) is 0 Å². The van der Waals surface area contributed by atoms with Gasteiger partial charge in [0.2, 0.25) is 0 Å². The summed E-state index contributed by atoms with van der Waals surface area (Å²) in [5.41, 5.74) is 2.40. The Labute approximate surface area is 72.3 Å². The van der Waals surface area contributed by atoms with Crippen molar-refractivity contribution in [3.05, 3.63) is 36.5 Å². The molecule has 0 spiro atoms. The van der Waals surface area contributed by atoms with Crippen molar-refractivity contribution in [1.82, 2.24) is 0 Å². The molecule has 0 aromatic heterocycles. The molecule has 0 heteroatoms. The summed E-state index contributed by atoms with van der Waals surface area (Å²) in [4.78, 5) is 0. The maximum absolute atomic E-state index is 3.56. The van der Waals surface area contributed by atoms with Gasteiger partial charge in [0.1, 0.15) is 0 Å². The second-order valence-electron chi connectivity index (χ2n) is 2.42. The normalized spacial score (nSPS) is 6.18. The molecule has 66 valence electrons. The van der Waals surface area contributed by atoms with E-state index in [1.807, 2.05) is 13.8 Å². The molecule has 0 saturated carbocycles. The minimum Gasteiger partial charge on any atom is -0.0988 e. The van der Waals surface area contributed by atoms with Crippen molar-refractivity contribution in [2.75, 3.05) is 0 Å². The fourth-order valence-corrected chi connectivity index (χ4v) is 0. The summed E-state index contributed by atoms with van der Waals surface area (Å²) < 4.78 is 0. The predicted molar refractivity (Wildman–Crippen MR) is 56.8 cm³/mol. The van der Waals surface area contributed by atoms with Gasteiger partial charge in [-0.25, -0.2) is 0 Å². The van der Waals surface area contributed by atoms with E-state index in [4.69, 9.17) is 0 Å². The molecule has 0 aromatic rings. The van der Waals surface area contributed by atoms with Crippen LogP contribution in [0.3, 0.4) is 0 Å². The van der Waals surface area contributed by atoms with Crippen LogP contribution in [-0.4, -0.2) is 0 Å². The van der Waals surface area contributed by atoms with Crippen molar-refractivity contribution in [3.63, 3.8) is 0 Å². The second kappa shape index (κ2) is 12.0. The van der Waals surface area contributed by atoms with Gasteiger partial charge in [-0.15, -0.1) is 0 Å². The lowest BCUT2D eigenvalue weighted by molar-refractivity contribution is 1.36. The molecule has 0 heterocycles. The van der Waals surface area contributed by atoms with Crippen LogP contribution in [-0.2, 0) is 0 Å². The maximum atomic E-state index is 3.56. The van der Waals surface area contributed by atoms with E-state index in [0.29, 0.717) is 0 Å². The molecule has 0 radical (unpaired) electrons. The molecule has 0 N–H and O–H groups in total. The van der Waals surface area contributed by atoms with E-state index in [2.05, 4.69) is 33.1 Å². The topological polar surface area (TPSA) is 0 Å². The summed E-state index contributed by atoms with van der Waals surface area (Å²) in [6, 6.07) is 0. The van der Waals surface area contributed by atoms with Crippen molar-refractivity contribution >= 4 is 0 Å². The third-order valence-electron chi connectivity index (χ3n) is 0.926. The van der Waals surface area contributed by atoms with Crippen molar-refractivity contribution in [3.8, 4) is 0 Å². The Bertz CT molecular complexity index is 123. The van der Waals surface area contributed by atoms with E-state index < -0.39 is 0 Å². The Morgan fingerprint density at radius 1 is 1.18 bits per heavy atom. The van der Waals surface area contributed by atoms with Crippen LogP contribution in [0.4, 0.5) is 0 Å². The smallest absolute Gasteiger partial charge is 0.0404 e. The molecule has 0 bridgehead atoms. The largest absolute Gasteiger partial charge is 0.0988 e. The van der Waals surface area contributed by atoms with E-state index in [1.165, 1.54) is 5.57 Å². The minimum absolute atomic E-state index is 0. The van der Waals surface area contributed by atoms with Gasteiger partial charge >= 0.3 is 0 Å². The molecular weight excluding hydrogens is 132 g/mol. The minimum atomic E-state index is 0. The average Bonchev–Trinajstić information content (AvgIpc) is 1.89. The van der Waals surface area contributed by atoms with E-state index in [1.54, 1.807) is 6.08 Å². The molecule has 0 aliphatic heterocycles. The van der Waals surface area contributed by atoms with Gasteiger partial charge in [0.15, 0.2) is 0 Å². The quantitative estimate of drug-likeness (QED) is 0.389. The zero-order valence-electron chi connectivity index (χ0n) is 7.57. The van der Waals surface area contributed by atoms with Crippen molar-refractivity contribution in [1.29, 1.82) is 0 Å². The average molecular weight is 154 g/mol. The molecule has 11 heavy (non-hydrogen) atoms. The van der Waals surface area contributed by atoms with Gasteiger partial charge in [0.05, 0.1) is 0 Å². The van der Waals surface area contributed by atoms with Gasteiger partial charge in [0, 0.05) is 0 Å².